The van der Waals surface area contributed by atoms with Crippen LogP contribution in [0, 0.1) is 0 Å². The number of thioether (sulfide) groups is 1. The van der Waals surface area contributed by atoms with Gasteiger partial charge in [0.1, 0.15) is 0 Å². The van der Waals surface area contributed by atoms with E-state index in [1.807, 2.05) is 0 Å². The number of hydrogen-bond acceptors (Lipinski definition) is 5. The molecular formula is C14H18BrNO4S2. The maximum absolute atomic E-state index is 12.0. The van der Waals surface area contributed by atoms with E-state index in [1.54, 1.807) is 17.8 Å². The molecule has 1 fully saturated rings. The number of ether oxygens (including phenoxy) is 1. The third kappa shape index (κ3) is 4.24. The van der Waals surface area contributed by atoms with E-state index in [0.29, 0.717) is 9.72 Å². The Balaban J connectivity index is 2.43. The van der Waals surface area contributed by atoms with E-state index in [-0.39, 0.29) is 10.5 Å². The number of carbonyl (C=O) groups excluding carboxylic acids is 1. The van der Waals surface area contributed by atoms with Crippen LogP contribution < -0.4 is 5.14 Å². The van der Waals surface area contributed by atoms with Crippen LogP contribution in [0.5, 0.6) is 0 Å². The summed E-state index contributed by atoms with van der Waals surface area (Å²) in [5.41, 5.74) is 0.241. The van der Waals surface area contributed by atoms with Gasteiger partial charge in [0.15, 0.2) is 0 Å². The Labute approximate surface area is 143 Å². The second-order valence-corrected chi connectivity index (χ2v) is 8.92. The zero-order valence-electron chi connectivity index (χ0n) is 12.2. The van der Waals surface area contributed by atoms with Crippen molar-refractivity contribution >= 4 is 43.7 Å². The van der Waals surface area contributed by atoms with Crippen LogP contribution in [0.25, 0.3) is 0 Å². The molecular weight excluding hydrogens is 390 g/mol. The summed E-state index contributed by atoms with van der Waals surface area (Å²) < 4.78 is 28.3. The summed E-state index contributed by atoms with van der Waals surface area (Å²) >= 11 is 4.83. The minimum absolute atomic E-state index is 0.110. The maximum Gasteiger partial charge on any atom is 0.339 e. The van der Waals surface area contributed by atoms with Crippen LogP contribution in [0.3, 0.4) is 0 Å². The van der Waals surface area contributed by atoms with Crippen molar-refractivity contribution in [2.45, 2.75) is 47.1 Å². The number of carbonyl (C=O) groups is 1. The quantitative estimate of drug-likeness (QED) is 0.773. The number of methoxy groups -OCH3 is 1. The predicted octanol–water partition coefficient (Wildman–Crippen LogP) is 3.31. The van der Waals surface area contributed by atoms with Crippen LogP contribution in [0.15, 0.2) is 26.4 Å². The van der Waals surface area contributed by atoms with E-state index in [9.17, 15) is 13.2 Å². The first-order valence-corrected chi connectivity index (χ1v) is 10.2. The van der Waals surface area contributed by atoms with E-state index in [2.05, 4.69) is 15.9 Å². The average molecular weight is 408 g/mol. The van der Waals surface area contributed by atoms with Crippen LogP contribution >= 0.6 is 27.7 Å². The van der Waals surface area contributed by atoms with Gasteiger partial charge in [0, 0.05) is 14.6 Å². The molecule has 1 aliphatic rings. The Morgan fingerprint density at radius 1 is 1.32 bits per heavy atom. The van der Waals surface area contributed by atoms with Gasteiger partial charge < -0.3 is 4.74 Å². The molecule has 1 aliphatic carbocycles. The van der Waals surface area contributed by atoms with Crippen LogP contribution in [0.1, 0.15) is 42.5 Å². The van der Waals surface area contributed by atoms with E-state index in [4.69, 9.17) is 9.88 Å². The molecule has 2 rings (SSSR count). The van der Waals surface area contributed by atoms with Crippen molar-refractivity contribution in [3.8, 4) is 0 Å². The molecule has 0 unspecified atom stereocenters. The van der Waals surface area contributed by atoms with Gasteiger partial charge in [-0.25, -0.2) is 18.4 Å². The number of hydrogen-bond donors (Lipinski definition) is 1. The molecule has 0 heterocycles. The van der Waals surface area contributed by atoms with E-state index in [1.165, 1.54) is 32.4 Å². The Hall–Kier alpha value is -0.570. The normalized spacial score (nSPS) is 16.5. The number of nitrogens with two attached hydrogens (primary N) is 1. The summed E-state index contributed by atoms with van der Waals surface area (Å²) in [6.45, 7) is 0. The topological polar surface area (TPSA) is 86.5 Å². The number of primary sulfonamides is 1. The molecule has 0 radical (unpaired) electrons. The zero-order chi connectivity index (χ0) is 16.3. The van der Waals surface area contributed by atoms with Gasteiger partial charge in [0.2, 0.25) is 10.0 Å². The Bertz CT molecular complexity index is 670. The fraction of sp³-hybridized carbons (Fsp3) is 0.500. The lowest BCUT2D eigenvalue weighted by Crippen LogP contribution is -2.15. The van der Waals surface area contributed by atoms with Crippen LogP contribution in [-0.2, 0) is 14.8 Å². The van der Waals surface area contributed by atoms with Gasteiger partial charge >= 0.3 is 5.97 Å². The van der Waals surface area contributed by atoms with Crippen molar-refractivity contribution in [1.82, 2.24) is 0 Å². The monoisotopic (exact) mass is 407 g/mol. The molecule has 0 atom stereocenters. The van der Waals surface area contributed by atoms with Crippen LogP contribution in [-0.4, -0.2) is 26.7 Å². The molecule has 0 aromatic heterocycles. The largest absolute Gasteiger partial charge is 0.465 e. The molecule has 1 saturated carbocycles. The molecule has 1 aromatic carbocycles. The third-order valence-electron chi connectivity index (χ3n) is 3.59. The van der Waals surface area contributed by atoms with Crippen molar-refractivity contribution in [2.24, 2.45) is 5.14 Å². The summed E-state index contributed by atoms with van der Waals surface area (Å²) in [7, 11) is -2.64. The lowest BCUT2D eigenvalue weighted by Gasteiger charge is -2.22. The van der Waals surface area contributed by atoms with Crippen molar-refractivity contribution < 1.29 is 17.9 Å². The molecule has 122 valence electrons. The fourth-order valence-corrected chi connectivity index (χ4v) is 5.65. The van der Waals surface area contributed by atoms with E-state index >= 15 is 0 Å². The summed E-state index contributed by atoms with van der Waals surface area (Å²) in [6, 6.07) is 2.93. The Kier molecular flexibility index (Phi) is 5.93. The molecule has 1 aromatic rings. The highest BCUT2D eigenvalue weighted by molar-refractivity contribution is 9.10. The summed E-state index contributed by atoms with van der Waals surface area (Å²) in [6.07, 6.45) is 5.80. The van der Waals surface area contributed by atoms with Crippen LogP contribution in [0.2, 0.25) is 0 Å². The molecule has 5 nitrogen and oxygen atoms in total. The number of esters is 1. The summed E-state index contributed by atoms with van der Waals surface area (Å²) in [5, 5.41) is 5.62. The van der Waals surface area contributed by atoms with Gasteiger partial charge in [-0.05, 0) is 40.9 Å². The average Bonchev–Trinajstić information content (AvgIpc) is 2.46. The van der Waals surface area contributed by atoms with Crippen molar-refractivity contribution in [3.05, 3.63) is 22.2 Å². The summed E-state index contributed by atoms with van der Waals surface area (Å²) in [4.78, 5) is 12.6. The minimum Gasteiger partial charge on any atom is -0.465 e. The molecule has 22 heavy (non-hydrogen) atoms. The smallest absolute Gasteiger partial charge is 0.339 e. The van der Waals surface area contributed by atoms with Crippen molar-refractivity contribution in [1.29, 1.82) is 0 Å². The summed E-state index contributed by atoms with van der Waals surface area (Å²) in [5.74, 6) is -0.560. The van der Waals surface area contributed by atoms with Crippen LogP contribution in [0.4, 0.5) is 0 Å². The second-order valence-electron chi connectivity index (χ2n) is 5.19. The first kappa shape index (κ1) is 17.8. The molecule has 0 saturated heterocycles. The van der Waals surface area contributed by atoms with E-state index in [0.717, 1.165) is 17.7 Å². The van der Waals surface area contributed by atoms with Gasteiger partial charge in [-0.15, -0.1) is 11.8 Å². The molecule has 0 bridgehead atoms. The highest BCUT2D eigenvalue weighted by Crippen LogP contribution is 2.38. The number of sulfonamides is 1. The lowest BCUT2D eigenvalue weighted by molar-refractivity contribution is 0.0596. The number of halogens is 1. The molecule has 0 amide bonds. The van der Waals surface area contributed by atoms with Gasteiger partial charge in [-0.1, -0.05) is 19.3 Å². The molecule has 8 heteroatoms. The van der Waals surface area contributed by atoms with Crippen molar-refractivity contribution in [3.63, 3.8) is 0 Å². The molecule has 0 spiro atoms. The highest BCUT2D eigenvalue weighted by Gasteiger charge is 2.23. The van der Waals surface area contributed by atoms with Crippen molar-refractivity contribution in [2.75, 3.05) is 7.11 Å². The Morgan fingerprint density at radius 2 is 1.95 bits per heavy atom. The fourth-order valence-electron chi connectivity index (χ4n) is 2.48. The zero-order valence-corrected chi connectivity index (χ0v) is 15.4. The number of benzene rings is 1. The SMILES string of the molecule is COC(=O)c1cc(S(N)(=O)=O)c(Br)cc1SC1CCCCC1. The molecule has 2 N–H and O–H groups in total. The predicted molar refractivity (Wildman–Crippen MR) is 89.6 cm³/mol. The van der Waals surface area contributed by atoms with Gasteiger partial charge in [-0.3, -0.25) is 0 Å². The van der Waals surface area contributed by atoms with Gasteiger partial charge in [-0.2, -0.15) is 0 Å². The highest BCUT2D eigenvalue weighted by atomic mass is 79.9. The first-order chi connectivity index (χ1) is 10.3. The molecule has 0 aliphatic heterocycles. The first-order valence-electron chi connectivity index (χ1n) is 6.94. The third-order valence-corrected chi connectivity index (χ3v) is 6.86. The van der Waals surface area contributed by atoms with Gasteiger partial charge in [0.05, 0.1) is 17.6 Å². The standard InChI is InChI=1S/C14H18BrNO4S2/c1-20-14(17)10-7-13(22(16,18)19)11(15)8-12(10)21-9-5-3-2-4-6-9/h7-9H,2-6H2,1H3,(H2,16,18,19). The minimum atomic E-state index is -3.91. The maximum atomic E-state index is 12.0. The second kappa shape index (κ2) is 7.33. The van der Waals surface area contributed by atoms with Gasteiger partial charge in [0.25, 0.3) is 0 Å². The Morgan fingerprint density at radius 3 is 2.50 bits per heavy atom. The lowest BCUT2D eigenvalue weighted by atomic mass is 10.0. The van der Waals surface area contributed by atoms with E-state index < -0.39 is 16.0 Å². The number of rotatable bonds is 4.